The van der Waals surface area contributed by atoms with E-state index in [1.54, 1.807) is 0 Å². The van der Waals surface area contributed by atoms with Crippen LogP contribution in [0.15, 0.2) is 58.6 Å². The number of para-hydroxylation sites is 2. The Morgan fingerprint density at radius 2 is 1.97 bits per heavy atom. The maximum atomic E-state index is 12.9. The van der Waals surface area contributed by atoms with Crippen LogP contribution in [-0.4, -0.2) is 36.6 Å². The SMILES string of the molecule is O=C(CC1N=C(NN=Cc2ccc(F)cc2)NC1=O)Nc1ccccc1OC(F)F. The van der Waals surface area contributed by atoms with Gasteiger partial charge in [-0.25, -0.2) is 14.8 Å². The quantitative estimate of drug-likeness (QED) is 0.473. The van der Waals surface area contributed by atoms with E-state index in [1.807, 2.05) is 0 Å². The van der Waals surface area contributed by atoms with E-state index in [0.717, 1.165) is 0 Å². The molecule has 1 atom stereocenters. The molecule has 2 aromatic carbocycles. The number of hydrazone groups is 1. The molecule has 0 bridgehead atoms. The Hall–Kier alpha value is -3.89. The summed E-state index contributed by atoms with van der Waals surface area (Å²) in [5, 5.41) is 8.73. The second-order valence-corrected chi connectivity index (χ2v) is 6.03. The zero-order chi connectivity index (χ0) is 21.5. The first-order valence-corrected chi connectivity index (χ1v) is 8.67. The second kappa shape index (κ2) is 9.54. The fraction of sp³-hybridized carbons (Fsp3) is 0.158. The fourth-order valence-corrected chi connectivity index (χ4v) is 2.50. The standard InChI is InChI=1S/C19H16F3N5O3/c20-12-7-5-11(6-8-12)10-23-27-19-25-14(17(29)26-19)9-16(28)24-13-3-1-2-4-15(13)30-18(21)22/h1-8,10,14,18H,9H2,(H,24,28)(H2,25,26,27,29). The molecule has 0 aliphatic carbocycles. The van der Waals surface area contributed by atoms with Crippen molar-refractivity contribution >= 4 is 29.7 Å². The molecular weight excluding hydrogens is 403 g/mol. The smallest absolute Gasteiger partial charge is 0.387 e. The topological polar surface area (TPSA) is 104 Å². The first kappa shape index (κ1) is 20.8. The van der Waals surface area contributed by atoms with Gasteiger partial charge < -0.3 is 10.1 Å². The molecule has 0 radical (unpaired) electrons. The first-order chi connectivity index (χ1) is 14.4. The van der Waals surface area contributed by atoms with Crippen molar-refractivity contribution in [2.24, 2.45) is 10.1 Å². The minimum Gasteiger partial charge on any atom is -0.433 e. The number of halogens is 3. The number of amides is 2. The monoisotopic (exact) mass is 419 g/mol. The molecule has 11 heteroatoms. The van der Waals surface area contributed by atoms with Crippen LogP contribution >= 0.6 is 0 Å². The van der Waals surface area contributed by atoms with Crippen LogP contribution in [-0.2, 0) is 9.59 Å². The van der Waals surface area contributed by atoms with Crippen molar-refractivity contribution in [2.45, 2.75) is 19.1 Å². The molecule has 1 heterocycles. The van der Waals surface area contributed by atoms with E-state index >= 15 is 0 Å². The van der Waals surface area contributed by atoms with Gasteiger partial charge in [0.1, 0.15) is 17.6 Å². The average Bonchev–Trinajstić information content (AvgIpc) is 3.03. The molecule has 3 rings (SSSR count). The van der Waals surface area contributed by atoms with Crippen molar-refractivity contribution < 1.29 is 27.5 Å². The van der Waals surface area contributed by atoms with Gasteiger partial charge in [-0.1, -0.05) is 24.3 Å². The third-order valence-corrected chi connectivity index (χ3v) is 3.84. The van der Waals surface area contributed by atoms with E-state index in [2.05, 4.69) is 30.9 Å². The van der Waals surface area contributed by atoms with Crippen LogP contribution in [0.2, 0.25) is 0 Å². The number of ether oxygens (including phenoxy) is 1. The van der Waals surface area contributed by atoms with E-state index in [9.17, 15) is 22.8 Å². The average molecular weight is 419 g/mol. The highest BCUT2D eigenvalue weighted by Gasteiger charge is 2.28. The van der Waals surface area contributed by atoms with Crippen molar-refractivity contribution in [3.8, 4) is 5.75 Å². The fourth-order valence-electron chi connectivity index (χ4n) is 2.50. The van der Waals surface area contributed by atoms with Crippen molar-refractivity contribution in [1.82, 2.24) is 10.7 Å². The van der Waals surface area contributed by atoms with Crippen molar-refractivity contribution in [3.05, 3.63) is 59.9 Å². The molecule has 156 valence electrons. The van der Waals surface area contributed by atoms with Gasteiger partial charge >= 0.3 is 6.61 Å². The number of carbonyl (C=O) groups is 2. The Morgan fingerprint density at radius 1 is 1.23 bits per heavy atom. The summed E-state index contributed by atoms with van der Waals surface area (Å²) in [6.45, 7) is -3.04. The van der Waals surface area contributed by atoms with Crippen molar-refractivity contribution in [2.75, 3.05) is 5.32 Å². The first-order valence-electron chi connectivity index (χ1n) is 8.67. The number of anilines is 1. The number of hydrogen-bond acceptors (Lipinski definition) is 6. The zero-order valence-electron chi connectivity index (χ0n) is 15.3. The molecule has 0 aromatic heterocycles. The lowest BCUT2D eigenvalue weighted by Crippen LogP contribution is -2.35. The molecule has 0 spiro atoms. The summed E-state index contributed by atoms with van der Waals surface area (Å²) in [7, 11) is 0. The number of aliphatic imine (C=N–C) groups is 1. The van der Waals surface area contributed by atoms with Crippen LogP contribution < -0.4 is 20.8 Å². The van der Waals surface area contributed by atoms with Crippen LogP contribution in [0.5, 0.6) is 5.75 Å². The van der Waals surface area contributed by atoms with Gasteiger partial charge in [0.05, 0.1) is 18.3 Å². The number of nitrogens with one attached hydrogen (secondary N) is 3. The Morgan fingerprint density at radius 3 is 2.70 bits per heavy atom. The third-order valence-electron chi connectivity index (χ3n) is 3.84. The Labute approximate surface area is 168 Å². The van der Waals surface area contributed by atoms with Gasteiger partial charge in [0.25, 0.3) is 5.91 Å². The number of rotatable bonds is 7. The molecule has 2 aromatic rings. The molecular formula is C19H16F3N5O3. The Bertz CT molecular complexity index is 980. The van der Waals surface area contributed by atoms with Crippen molar-refractivity contribution in [3.63, 3.8) is 0 Å². The van der Waals surface area contributed by atoms with Crippen molar-refractivity contribution in [1.29, 1.82) is 0 Å². The normalized spacial score (nSPS) is 15.8. The van der Waals surface area contributed by atoms with Crippen LogP contribution in [0.25, 0.3) is 0 Å². The second-order valence-electron chi connectivity index (χ2n) is 6.03. The molecule has 8 nitrogen and oxygen atoms in total. The largest absolute Gasteiger partial charge is 0.433 e. The van der Waals surface area contributed by atoms with E-state index in [4.69, 9.17) is 0 Å². The molecule has 3 N–H and O–H groups in total. The lowest BCUT2D eigenvalue weighted by Gasteiger charge is -2.12. The lowest BCUT2D eigenvalue weighted by atomic mass is 10.2. The summed E-state index contributed by atoms with van der Waals surface area (Å²) in [6.07, 6.45) is 1.08. The van der Waals surface area contributed by atoms with Gasteiger partial charge in [-0.2, -0.15) is 13.9 Å². The van der Waals surface area contributed by atoms with Crippen LogP contribution in [0, 0.1) is 5.82 Å². The van der Waals surface area contributed by atoms with Gasteiger partial charge in [0, 0.05) is 0 Å². The van der Waals surface area contributed by atoms with E-state index < -0.39 is 24.5 Å². The van der Waals surface area contributed by atoms with E-state index in [-0.39, 0.29) is 29.6 Å². The molecule has 0 saturated heterocycles. The maximum Gasteiger partial charge on any atom is 0.387 e. The van der Waals surface area contributed by atoms with Gasteiger partial charge in [0.15, 0.2) is 0 Å². The molecule has 0 fully saturated rings. The maximum absolute atomic E-state index is 12.9. The summed E-state index contributed by atoms with van der Waals surface area (Å²) in [6, 6.07) is 10.2. The summed E-state index contributed by atoms with van der Waals surface area (Å²) >= 11 is 0. The molecule has 30 heavy (non-hydrogen) atoms. The molecule has 2 amide bonds. The van der Waals surface area contributed by atoms with Gasteiger partial charge in [0.2, 0.25) is 11.9 Å². The Balaban J connectivity index is 1.56. The summed E-state index contributed by atoms with van der Waals surface area (Å²) < 4.78 is 42.1. The number of nitrogens with zero attached hydrogens (tertiary/aromatic N) is 2. The van der Waals surface area contributed by atoms with Crippen LogP contribution in [0.1, 0.15) is 12.0 Å². The number of benzene rings is 2. The summed E-state index contributed by atoms with van der Waals surface area (Å²) in [4.78, 5) is 28.2. The molecule has 1 aliphatic heterocycles. The summed E-state index contributed by atoms with van der Waals surface area (Å²) in [5.74, 6) is -1.67. The number of carbonyl (C=O) groups excluding carboxylic acids is 2. The number of alkyl halides is 2. The highest BCUT2D eigenvalue weighted by Crippen LogP contribution is 2.25. The molecule has 1 unspecified atom stereocenters. The van der Waals surface area contributed by atoms with E-state index in [0.29, 0.717) is 5.56 Å². The zero-order valence-corrected chi connectivity index (χ0v) is 15.3. The number of guanidine groups is 1. The molecule has 1 aliphatic rings. The minimum atomic E-state index is -3.04. The third kappa shape index (κ3) is 5.80. The molecule has 0 saturated carbocycles. The number of hydrogen-bond donors (Lipinski definition) is 3. The van der Waals surface area contributed by atoms with Gasteiger partial charge in [-0.3, -0.25) is 14.9 Å². The predicted molar refractivity (Wildman–Crippen MR) is 103 cm³/mol. The van der Waals surface area contributed by atoms with Crippen LogP contribution in [0.4, 0.5) is 18.9 Å². The van der Waals surface area contributed by atoms with E-state index in [1.165, 1.54) is 54.7 Å². The highest BCUT2D eigenvalue weighted by atomic mass is 19.3. The predicted octanol–water partition coefficient (Wildman–Crippen LogP) is 2.23. The Kier molecular flexibility index (Phi) is 6.63. The van der Waals surface area contributed by atoms with Gasteiger partial charge in [-0.05, 0) is 29.8 Å². The highest BCUT2D eigenvalue weighted by molar-refractivity contribution is 6.07. The lowest BCUT2D eigenvalue weighted by molar-refractivity contribution is -0.123. The minimum absolute atomic E-state index is 0.0394. The summed E-state index contributed by atoms with van der Waals surface area (Å²) in [5.41, 5.74) is 3.19. The van der Waals surface area contributed by atoms with Gasteiger partial charge in [-0.15, -0.1) is 0 Å². The van der Waals surface area contributed by atoms with Crippen LogP contribution in [0.3, 0.4) is 0 Å².